The highest BCUT2D eigenvalue weighted by molar-refractivity contribution is 7.80. The number of anilines is 1. The quantitative estimate of drug-likeness (QED) is 0.749. The van der Waals surface area contributed by atoms with E-state index in [1.165, 1.54) is 0 Å². The van der Waals surface area contributed by atoms with Gasteiger partial charge in [-0.1, -0.05) is 26.1 Å². The van der Waals surface area contributed by atoms with Gasteiger partial charge in [0.2, 0.25) is 0 Å². The lowest BCUT2D eigenvalue weighted by molar-refractivity contribution is 0.356. The van der Waals surface area contributed by atoms with E-state index in [1.54, 1.807) is 6.20 Å². The third-order valence-electron chi connectivity index (χ3n) is 2.74. The van der Waals surface area contributed by atoms with Crippen molar-refractivity contribution in [2.24, 2.45) is 11.7 Å². The molecule has 3 N–H and O–H groups in total. The van der Waals surface area contributed by atoms with Crippen LogP contribution in [-0.4, -0.2) is 41.6 Å². The van der Waals surface area contributed by atoms with Crippen molar-refractivity contribution in [2.45, 2.75) is 26.3 Å². The Hall–Kier alpha value is -1.20. The fraction of sp³-hybridized carbons (Fsp3) is 0.571. The average molecular weight is 280 g/mol. The molecule has 0 aromatic carbocycles. The van der Waals surface area contributed by atoms with Crippen LogP contribution in [0.25, 0.3) is 0 Å². The van der Waals surface area contributed by atoms with Crippen molar-refractivity contribution in [3.63, 3.8) is 0 Å². The highest BCUT2D eigenvalue weighted by Gasteiger charge is 2.15. The number of nitrogens with zero attached hydrogens (tertiary/aromatic N) is 2. The summed E-state index contributed by atoms with van der Waals surface area (Å²) >= 11 is 5.04. The normalized spacial score (nSPS) is 12.7. The molecule has 1 rings (SSSR count). The van der Waals surface area contributed by atoms with E-state index in [0.717, 1.165) is 18.7 Å². The van der Waals surface area contributed by atoms with E-state index >= 15 is 0 Å². The lowest BCUT2D eigenvalue weighted by atomic mass is 10.0. The SMILES string of the molecule is CC(C)CC(CN(C)C)Nc1cccnc1C(N)=S. The van der Waals surface area contributed by atoms with E-state index in [4.69, 9.17) is 18.0 Å². The van der Waals surface area contributed by atoms with Crippen LogP contribution in [-0.2, 0) is 0 Å². The highest BCUT2D eigenvalue weighted by atomic mass is 32.1. The Balaban J connectivity index is 2.86. The van der Waals surface area contributed by atoms with Gasteiger partial charge in [-0.2, -0.15) is 0 Å². The highest BCUT2D eigenvalue weighted by Crippen LogP contribution is 2.17. The minimum atomic E-state index is 0.330. The lowest BCUT2D eigenvalue weighted by Gasteiger charge is -2.25. The maximum atomic E-state index is 5.71. The monoisotopic (exact) mass is 280 g/mol. The van der Waals surface area contributed by atoms with Gasteiger partial charge in [-0.3, -0.25) is 4.98 Å². The number of thiocarbonyl (C=S) groups is 1. The molecule has 1 atom stereocenters. The van der Waals surface area contributed by atoms with Crippen LogP contribution >= 0.6 is 12.2 Å². The summed E-state index contributed by atoms with van der Waals surface area (Å²) in [4.78, 5) is 6.75. The number of likely N-dealkylation sites (N-methyl/N-ethyl adjacent to an activating group) is 1. The predicted octanol–water partition coefficient (Wildman–Crippen LogP) is 2.10. The fourth-order valence-corrected chi connectivity index (χ4v) is 2.29. The molecule has 0 aliphatic heterocycles. The smallest absolute Gasteiger partial charge is 0.124 e. The summed E-state index contributed by atoms with van der Waals surface area (Å²) < 4.78 is 0. The third kappa shape index (κ3) is 5.53. The van der Waals surface area contributed by atoms with Crippen LogP contribution < -0.4 is 11.1 Å². The first-order valence-corrected chi connectivity index (χ1v) is 6.97. The van der Waals surface area contributed by atoms with Crippen LogP contribution in [0.5, 0.6) is 0 Å². The minimum absolute atomic E-state index is 0.330. The molecular formula is C14H24N4S. The molecule has 106 valence electrons. The van der Waals surface area contributed by atoms with Crippen LogP contribution in [0.3, 0.4) is 0 Å². The first-order valence-electron chi connectivity index (χ1n) is 6.56. The molecule has 0 spiro atoms. The second-order valence-electron chi connectivity index (χ2n) is 5.50. The number of aromatic nitrogens is 1. The molecular weight excluding hydrogens is 256 g/mol. The van der Waals surface area contributed by atoms with Gasteiger partial charge in [-0.25, -0.2) is 0 Å². The van der Waals surface area contributed by atoms with Gasteiger partial charge in [0, 0.05) is 18.8 Å². The summed E-state index contributed by atoms with van der Waals surface area (Å²) in [5.41, 5.74) is 7.30. The van der Waals surface area contributed by atoms with Crippen molar-refractivity contribution in [1.29, 1.82) is 0 Å². The molecule has 1 unspecified atom stereocenters. The van der Waals surface area contributed by atoms with Crippen molar-refractivity contribution in [1.82, 2.24) is 9.88 Å². The molecule has 0 bridgehead atoms. The Morgan fingerprint density at radius 1 is 1.47 bits per heavy atom. The molecule has 1 aromatic rings. The van der Waals surface area contributed by atoms with Gasteiger partial charge < -0.3 is 16.0 Å². The summed E-state index contributed by atoms with van der Waals surface area (Å²) in [5.74, 6) is 0.627. The second kappa shape index (κ2) is 7.40. The number of nitrogens with two attached hydrogens (primary N) is 1. The molecule has 0 amide bonds. The van der Waals surface area contributed by atoms with Crippen LogP contribution in [0, 0.1) is 5.92 Å². The summed E-state index contributed by atoms with van der Waals surface area (Å²) in [7, 11) is 4.15. The summed E-state index contributed by atoms with van der Waals surface area (Å²) in [6.07, 6.45) is 2.80. The Morgan fingerprint density at radius 2 is 2.16 bits per heavy atom. The minimum Gasteiger partial charge on any atom is -0.388 e. The zero-order valence-electron chi connectivity index (χ0n) is 12.2. The van der Waals surface area contributed by atoms with Gasteiger partial charge in [-0.15, -0.1) is 0 Å². The standard InChI is InChI=1S/C14H24N4S/c1-10(2)8-11(9-18(3)4)17-12-6-5-7-16-13(12)14(15)19/h5-7,10-11,17H,8-9H2,1-4H3,(H2,15,19). The van der Waals surface area contributed by atoms with Crippen LogP contribution in [0.1, 0.15) is 26.0 Å². The van der Waals surface area contributed by atoms with E-state index in [2.05, 4.69) is 43.1 Å². The largest absolute Gasteiger partial charge is 0.388 e. The van der Waals surface area contributed by atoms with E-state index in [9.17, 15) is 0 Å². The van der Waals surface area contributed by atoms with Gasteiger partial charge in [0.05, 0.1) is 5.69 Å². The average Bonchev–Trinajstić information content (AvgIpc) is 2.27. The van der Waals surface area contributed by atoms with Gasteiger partial charge in [-0.05, 0) is 38.6 Å². The molecule has 1 aromatic heterocycles. The molecule has 4 nitrogen and oxygen atoms in total. The van der Waals surface area contributed by atoms with E-state index in [1.807, 2.05) is 12.1 Å². The van der Waals surface area contributed by atoms with Crippen molar-refractivity contribution >= 4 is 22.9 Å². The van der Waals surface area contributed by atoms with Crippen LogP contribution in [0.15, 0.2) is 18.3 Å². The second-order valence-corrected chi connectivity index (χ2v) is 5.94. The zero-order chi connectivity index (χ0) is 14.4. The Bertz CT molecular complexity index is 408. The van der Waals surface area contributed by atoms with Gasteiger partial charge in [0.25, 0.3) is 0 Å². The first-order chi connectivity index (χ1) is 8.90. The van der Waals surface area contributed by atoms with E-state index in [-0.39, 0.29) is 0 Å². The molecule has 0 saturated heterocycles. The Kier molecular flexibility index (Phi) is 6.18. The van der Waals surface area contributed by atoms with Gasteiger partial charge >= 0.3 is 0 Å². The predicted molar refractivity (Wildman–Crippen MR) is 85.5 cm³/mol. The van der Waals surface area contributed by atoms with Crippen molar-refractivity contribution < 1.29 is 0 Å². The van der Waals surface area contributed by atoms with Crippen molar-refractivity contribution in [3.05, 3.63) is 24.0 Å². The molecule has 0 radical (unpaired) electrons. The molecule has 19 heavy (non-hydrogen) atoms. The first kappa shape index (κ1) is 15.9. The van der Waals surface area contributed by atoms with Crippen molar-refractivity contribution in [3.8, 4) is 0 Å². The topological polar surface area (TPSA) is 54.2 Å². The Morgan fingerprint density at radius 3 is 2.68 bits per heavy atom. The summed E-state index contributed by atoms with van der Waals surface area (Å²) in [6, 6.07) is 4.23. The van der Waals surface area contributed by atoms with Crippen LogP contribution in [0.2, 0.25) is 0 Å². The molecule has 5 heteroatoms. The molecule has 0 saturated carbocycles. The number of hydrogen-bond acceptors (Lipinski definition) is 4. The number of pyridine rings is 1. The van der Waals surface area contributed by atoms with E-state index < -0.39 is 0 Å². The van der Waals surface area contributed by atoms with Crippen molar-refractivity contribution in [2.75, 3.05) is 26.0 Å². The number of rotatable bonds is 7. The zero-order valence-corrected chi connectivity index (χ0v) is 13.0. The molecule has 0 aliphatic rings. The van der Waals surface area contributed by atoms with Gasteiger partial charge in [0.1, 0.15) is 10.7 Å². The summed E-state index contributed by atoms with van der Waals surface area (Å²) in [6.45, 7) is 5.41. The molecule has 0 fully saturated rings. The number of nitrogens with one attached hydrogen (secondary N) is 1. The molecule has 1 heterocycles. The molecule has 0 aliphatic carbocycles. The van der Waals surface area contributed by atoms with E-state index in [0.29, 0.717) is 22.6 Å². The maximum Gasteiger partial charge on any atom is 0.124 e. The number of hydrogen-bond donors (Lipinski definition) is 2. The fourth-order valence-electron chi connectivity index (χ4n) is 2.13. The van der Waals surface area contributed by atoms with Gasteiger partial charge in [0.15, 0.2) is 0 Å². The lowest BCUT2D eigenvalue weighted by Crippen LogP contribution is -2.34. The Labute approximate surface area is 121 Å². The summed E-state index contributed by atoms with van der Waals surface area (Å²) in [5, 5.41) is 3.52. The maximum absolute atomic E-state index is 5.71. The van der Waals surface area contributed by atoms with Crippen LogP contribution in [0.4, 0.5) is 5.69 Å². The third-order valence-corrected chi connectivity index (χ3v) is 2.94.